The predicted octanol–water partition coefficient (Wildman–Crippen LogP) is 4.42. The van der Waals surface area contributed by atoms with Gasteiger partial charge in [0.25, 0.3) is 0 Å². The molecule has 0 amide bonds. The van der Waals surface area contributed by atoms with Crippen molar-refractivity contribution in [1.29, 1.82) is 0 Å². The highest BCUT2D eigenvalue weighted by Crippen LogP contribution is 2.14. The lowest BCUT2D eigenvalue weighted by Gasteiger charge is -2.13. The molecule has 2 aromatic carbocycles. The van der Waals surface area contributed by atoms with E-state index < -0.39 is 12.1 Å². The van der Waals surface area contributed by atoms with Crippen LogP contribution in [0.2, 0.25) is 0 Å². The summed E-state index contributed by atoms with van der Waals surface area (Å²) in [5.74, 6) is -0.600. The molecule has 0 N–H and O–H groups in total. The zero-order chi connectivity index (χ0) is 17.0. The molecular formula is C19H19BrO3. The van der Waals surface area contributed by atoms with Crippen LogP contribution in [0, 0.1) is 13.8 Å². The predicted molar refractivity (Wildman–Crippen MR) is 93.6 cm³/mol. The van der Waals surface area contributed by atoms with Gasteiger partial charge in [-0.25, -0.2) is 0 Å². The summed E-state index contributed by atoms with van der Waals surface area (Å²) >= 11 is 3.32. The molecule has 0 saturated heterocycles. The van der Waals surface area contributed by atoms with E-state index in [1.165, 1.54) is 5.56 Å². The number of hydrogen-bond donors (Lipinski definition) is 0. The summed E-state index contributed by atoms with van der Waals surface area (Å²) in [7, 11) is 0. The number of ketones is 1. The van der Waals surface area contributed by atoms with Gasteiger partial charge in [-0.15, -0.1) is 0 Å². The zero-order valence-electron chi connectivity index (χ0n) is 13.4. The second kappa shape index (κ2) is 7.55. The molecule has 0 saturated carbocycles. The first kappa shape index (κ1) is 17.4. The number of aryl methyl sites for hydroxylation is 2. The Morgan fingerprint density at radius 3 is 2.30 bits per heavy atom. The summed E-state index contributed by atoms with van der Waals surface area (Å²) in [6, 6.07) is 12.9. The highest BCUT2D eigenvalue weighted by Gasteiger charge is 2.19. The molecule has 0 aliphatic carbocycles. The summed E-state index contributed by atoms with van der Waals surface area (Å²) in [5.41, 5.74) is 3.73. The lowest BCUT2D eigenvalue weighted by molar-refractivity contribution is -0.145. The van der Waals surface area contributed by atoms with E-state index in [4.69, 9.17) is 4.74 Å². The quantitative estimate of drug-likeness (QED) is 0.574. The maximum absolute atomic E-state index is 12.3. The minimum atomic E-state index is -0.796. The van der Waals surface area contributed by atoms with Gasteiger partial charge in [-0.05, 0) is 49.6 Å². The van der Waals surface area contributed by atoms with E-state index in [9.17, 15) is 9.59 Å². The van der Waals surface area contributed by atoms with Gasteiger partial charge in [-0.3, -0.25) is 9.59 Å². The fraction of sp³-hybridized carbons (Fsp3) is 0.263. The van der Waals surface area contributed by atoms with Crippen molar-refractivity contribution in [1.82, 2.24) is 0 Å². The van der Waals surface area contributed by atoms with Crippen LogP contribution in [0.3, 0.4) is 0 Å². The van der Waals surface area contributed by atoms with Crippen molar-refractivity contribution in [2.45, 2.75) is 33.3 Å². The maximum Gasteiger partial charge on any atom is 0.310 e. The third-order valence-corrected chi connectivity index (χ3v) is 4.25. The fourth-order valence-electron chi connectivity index (χ4n) is 2.22. The smallest absolute Gasteiger partial charge is 0.310 e. The number of Topliss-reactive ketones (excluding diaryl/α,β-unsaturated/α-hetero) is 1. The van der Waals surface area contributed by atoms with E-state index in [2.05, 4.69) is 15.9 Å². The molecule has 0 fully saturated rings. The van der Waals surface area contributed by atoms with E-state index in [-0.39, 0.29) is 12.2 Å². The van der Waals surface area contributed by atoms with Crippen molar-refractivity contribution in [2.24, 2.45) is 0 Å². The highest BCUT2D eigenvalue weighted by molar-refractivity contribution is 9.10. The van der Waals surface area contributed by atoms with Crippen LogP contribution in [0.1, 0.15) is 34.0 Å². The molecule has 0 bridgehead atoms. The van der Waals surface area contributed by atoms with Crippen LogP contribution < -0.4 is 0 Å². The summed E-state index contributed by atoms with van der Waals surface area (Å²) in [6.07, 6.45) is -0.630. The van der Waals surface area contributed by atoms with E-state index in [0.29, 0.717) is 5.56 Å². The summed E-state index contributed by atoms with van der Waals surface area (Å²) < 4.78 is 6.17. The maximum atomic E-state index is 12.3. The van der Waals surface area contributed by atoms with Crippen molar-refractivity contribution in [3.05, 3.63) is 69.2 Å². The van der Waals surface area contributed by atoms with Crippen LogP contribution in [0.25, 0.3) is 0 Å². The molecule has 3 nitrogen and oxygen atoms in total. The monoisotopic (exact) mass is 374 g/mol. The topological polar surface area (TPSA) is 43.4 Å². The Kier molecular flexibility index (Phi) is 5.72. The van der Waals surface area contributed by atoms with E-state index in [1.807, 2.05) is 32.0 Å². The van der Waals surface area contributed by atoms with Gasteiger partial charge in [-0.1, -0.05) is 46.3 Å². The molecule has 0 unspecified atom stereocenters. The van der Waals surface area contributed by atoms with Gasteiger partial charge in [0.1, 0.15) is 0 Å². The van der Waals surface area contributed by atoms with E-state index >= 15 is 0 Å². The molecule has 0 aliphatic heterocycles. The third-order valence-electron chi connectivity index (χ3n) is 3.73. The number of halogens is 1. The van der Waals surface area contributed by atoms with Crippen molar-refractivity contribution in [3.63, 3.8) is 0 Å². The zero-order valence-corrected chi connectivity index (χ0v) is 15.0. The minimum absolute atomic E-state index is 0.166. The standard InChI is InChI=1S/C19H19BrO3/c1-12-4-5-15(10-13(12)2)11-18(21)23-14(3)19(22)16-6-8-17(20)9-7-16/h4-10,14H,11H2,1-3H3/t14-/m0/s1. The molecule has 2 rings (SSSR count). The van der Waals surface area contributed by atoms with Crippen LogP contribution >= 0.6 is 15.9 Å². The Labute approximate surface area is 144 Å². The molecule has 23 heavy (non-hydrogen) atoms. The van der Waals surface area contributed by atoms with Crippen LogP contribution in [0.5, 0.6) is 0 Å². The Morgan fingerprint density at radius 1 is 1.04 bits per heavy atom. The molecule has 0 spiro atoms. The van der Waals surface area contributed by atoms with Gasteiger partial charge in [0, 0.05) is 10.0 Å². The van der Waals surface area contributed by atoms with Crippen molar-refractivity contribution in [2.75, 3.05) is 0 Å². The molecule has 0 aliphatic rings. The van der Waals surface area contributed by atoms with Crippen LogP contribution in [0.4, 0.5) is 0 Å². The lowest BCUT2D eigenvalue weighted by atomic mass is 10.0. The number of benzene rings is 2. The second-order valence-corrected chi connectivity index (χ2v) is 6.51. The number of esters is 1. The van der Waals surface area contributed by atoms with Gasteiger partial charge >= 0.3 is 5.97 Å². The SMILES string of the molecule is Cc1ccc(CC(=O)O[C@@H](C)C(=O)c2ccc(Br)cc2)cc1C. The molecule has 4 heteroatoms. The Bertz CT molecular complexity index is 720. The van der Waals surface area contributed by atoms with Gasteiger partial charge in [0.2, 0.25) is 5.78 Å². The third kappa shape index (κ3) is 4.76. The summed E-state index contributed by atoms with van der Waals surface area (Å²) in [6.45, 7) is 5.63. The Hall–Kier alpha value is -1.94. The van der Waals surface area contributed by atoms with Gasteiger partial charge in [0.05, 0.1) is 6.42 Å². The molecule has 120 valence electrons. The van der Waals surface area contributed by atoms with E-state index in [1.54, 1.807) is 31.2 Å². The van der Waals surface area contributed by atoms with Crippen molar-refractivity contribution >= 4 is 27.7 Å². The number of hydrogen-bond acceptors (Lipinski definition) is 3. The van der Waals surface area contributed by atoms with Gasteiger partial charge in [-0.2, -0.15) is 0 Å². The molecule has 0 radical (unpaired) electrons. The second-order valence-electron chi connectivity index (χ2n) is 5.60. The Balaban J connectivity index is 1.97. The molecule has 1 atom stereocenters. The van der Waals surface area contributed by atoms with E-state index in [0.717, 1.165) is 15.6 Å². The van der Waals surface area contributed by atoms with Crippen LogP contribution in [-0.4, -0.2) is 17.9 Å². The van der Waals surface area contributed by atoms with Gasteiger partial charge < -0.3 is 4.74 Å². The largest absolute Gasteiger partial charge is 0.454 e. The molecule has 0 aromatic heterocycles. The average Bonchev–Trinajstić information content (AvgIpc) is 2.51. The number of carbonyl (C=O) groups excluding carboxylic acids is 2. The van der Waals surface area contributed by atoms with Crippen LogP contribution in [-0.2, 0) is 16.0 Å². The molecule has 0 heterocycles. The van der Waals surface area contributed by atoms with Crippen molar-refractivity contribution < 1.29 is 14.3 Å². The first-order chi connectivity index (χ1) is 10.9. The van der Waals surface area contributed by atoms with Gasteiger partial charge in [0.15, 0.2) is 6.10 Å². The first-order valence-corrected chi connectivity index (χ1v) is 8.21. The minimum Gasteiger partial charge on any atom is -0.454 e. The average molecular weight is 375 g/mol. The normalized spacial score (nSPS) is 11.8. The number of ether oxygens (including phenoxy) is 1. The van der Waals surface area contributed by atoms with Crippen LogP contribution in [0.15, 0.2) is 46.9 Å². The fourth-order valence-corrected chi connectivity index (χ4v) is 2.49. The summed E-state index contributed by atoms with van der Waals surface area (Å²) in [5, 5.41) is 0. The van der Waals surface area contributed by atoms with Crippen molar-refractivity contribution in [3.8, 4) is 0 Å². The first-order valence-electron chi connectivity index (χ1n) is 7.42. The lowest BCUT2D eigenvalue weighted by Crippen LogP contribution is -2.25. The number of carbonyl (C=O) groups is 2. The highest BCUT2D eigenvalue weighted by atomic mass is 79.9. The molecule has 2 aromatic rings. The Morgan fingerprint density at radius 2 is 1.70 bits per heavy atom. The number of rotatable bonds is 5. The molecular weight excluding hydrogens is 356 g/mol. The summed E-state index contributed by atoms with van der Waals surface area (Å²) in [4.78, 5) is 24.3.